The van der Waals surface area contributed by atoms with Crippen LogP contribution in [0.25, 0.3) is 11.0 Å². The third kappa shape index (κ3) is 2.05. The molecule has 1 fully saturated rings. The van der Waals surface area contributed by atoms with Crippen molar-refractivity contribution in [3.8, 4) is 0 Å². The highest BCUT2D eigenvalue weighted by Crippen LogP contribution is 2.34. The standard InChI is InChI=1S/C15H20N2S/c1-17-14-7-6-11(8-9-18)10-13(14)16-15(17)12-4-2-3-5-12/h6-7,10,12,18H,2-5,8-9H2,1H3. The number of nitrogens with zero attached hydrogens (tertiary/aromatic N) is 2. The number of hydrogen-bond acceptors (Lipinski definition) is 2. The number of benzene rings is 1. The predicted molar refractivity (Wildman–Crippen MR) is 79.5 cm³/mol. The summed E-state index contributed by atoms with van der Waals surface area (Å²) in [7, 11) is 2.15. The van der Waals surface area contributed by atoms with Crippen LogP contribution < -0.4 is 0 Å². The number of rotatable bonds is 3. The van der Waals surface area contributed by atoms with Crippen LogP contribution in [0, 0.1) is 0 Å². The number of aryl methyl sites for hydroxylation is 2. The molecule has 1 aromatic heterocycles. The van der Waals surface area contributed by atoms with Crippen molar-refractivity contribution >= 4 is 23.7 Å². The van der Waals surface area contributed by atoms with E-state index in [1.54, 1.807) is 0 Å². The van der Waals surface area contributed by atoms with Crippen molar-refractivity contribution in [1.82, 2.24) is 9.55 Å². The van der Waals surface area contributed by atoms with Crippen molar-refractivity contribution in [1.29, 1.82) is 0 Å². The summed E-state index contributed by atoms with van der Waals surface area (Å²) in [5.41, 5.74) is 3.76. The maximum atomic E-state index is 4.88. The monoisotopic (exact) mass is 260 g/mol. The molecule has 2 aromatic rings. The minimum absolute atomic E-state index is 0.677. The summed E-state index contributed by atoms with van der Waals surface area (Å²) in [6.45, 7) is 0. The molecule has 0 radical (unpaired) electrons. The Morgan fingerprint density at radius 3 is 2.83 bits per heavy atom. The van der Waals surface area contributed by atoms with E-state index in [9.17, 15) is 0 Å². The van der Waals surface area contributed by atoms with Gasteiger partial charge in [0.05, 0.1) is 11.0 Å². The highest BCUT2D eigenvalue weighted by molar-refractivity contribution is 7.80. The zero-order valence-electron chi connectivity index (χ0n) is 10.9. The van der Waals surface area contributed by atoms with E-state index in [0.717, 1.165) is 17.7 Å². The fourth-order valence-corrected chi connectivity index (χ4v) is 3.36. The number of aromatic nitrogens is 2. The number of thiol groups is 1. The average molecular weight is 260 g/mol. The molecule has 0 unspecified atom stereocenters. The molecule has 0 bridgehead atoms. The molecule has 0 amide bonds. The quantitative estimate of drug-likeness (QED) is 0.833. The van der Waals surface area contributed by atoms with Crippen LogP contribution in [0.4, 0.5) is 0 Å². The van der Waals surface area contributed by atoms with Crippen LogP contribution >= 0.6 is 12.6 Å². The maximum Gasteiger partial charge on any atom is 0.112 e. The Hall–Kier alpha value is -0.960. The van der Waals surface area contributed by atoms with Gasteiger partial charge in [0, 0.05) is 13.0 Å². The molecule has 3 rings (SSSR count). The molecule has 0 atom stereocenters. The fraction of sp³-hybridized carbons (Fsp3) is 0.533. The molecule has 2 nitrogen and oxygen atoms in total. The molecule has 1 aliphatic rings. The lowest BCUT2D eigenvalue weighted by molar-refractivity contribution is 0.639. The van der Waals surface area contributed by atoms with Gasteiger partial charge in [0.15, 0.2) is 0 Å². The van der Waals surface area contributed by atoms with Gasteiger partial charge in [-0.3, -0.25) is 0 Å². The molecule has 0 N–H and O–H groups in total. The van der Waals surface area contributed by atoms with Crippen molar-refractivity contribution < 1.29 is 0 Å². The molecule has 1 aliphatic carbocycles. The summed E-state index contributed by atoms with van der Waals surface area (Å²) in [5.74, 6) is 2.86. The van der Waals surface area contributed by atoms with Gasteiger partial charge in [-0.15, -0.1) is 0 Å². The summed E-state index contributed by atoms with van der Waals surface area (Å²) in [4.78, 5) is 4.88. The summed E-state index contributed by atoms with van der Waals surface area (Å²) in [6.07, 6.45) is 6.35. The van der Waals surface area contributed by atoms with E-state index in [0.29, 0.717) is 5.92 Å². The molecule has 1 aromatic carbocycles. The summed E-state index contributed by atoms with van der Waals surface area (Å²) < 4.78 is 2.29. The van der Waals surface area contributed by atoms with Crippen LogP contribution in [0.15, 0.2) is 18.2 Å². The smallest absolute Gasteiger partial charge is 0.112 e. The van der Waals surface area contributed by atoms with Crippen molar-refractivity contribution in [2.75, 3.05) is 5.75 Å². The lowest BCUT2D eigenvalue weighted by Crippen LogP contribution is -2.02. The van der Waals surface area contributed by atoms with Gasteiger partial charge in [-0.2, -0.15) is 12.6 Å². The Morgan fingerprint density at radius 2 is 2.11 bits per heavy atom. The highest BCUT2D eigenvalue weighted by Gasteiger charge is 2.22. The molecule has 0 saturated heterocycles. The van der Waals surface area contributed by atoms with E-state index in [4.69, 9.17) is 4.98 Å². The van der Waals surface area contributed by atoms with Crippen molar-refractivity contribution in [3.05, 3.63) is 29.6 Å². The molecule has 0 aliphatic heterocycles. The summed E-state index contributed by atoms with van der Waals surface area (Å²) in [5, 5.41) is 0. The van der Waals surface area contributed by atoms with Gasteiger partial charge in [-0.25, -0.2) is 4.98 Å². The Balaban J connectivity index is 2.03. The Labute approximate surface area is 114 Å². The number of fused-ring (bicyclic) bond motifs is 1. The first-order chi connectivity index (χ1) is 8.79. The highest BCUT2D eigenvalue weighted by atomic mass is 32.1. The lowest BCUT2D eigenvalue weighted by atomic mass is 10.1. The van der Waals surface area contributed by atoms with E-state index in [1.165, 1.54) is 42.6 Å². The van der Waals surface area contributed by atoms with Crippen LogP contribution in [-0.4, -0.2) is 15.3 Å². The van der Waals surface area contributed by atoms with Gasteiger partial charge < -0.3 is 4.57 Å². The zero-order valence-corrected chi connectivity index (χ0v) is 11.8. The fourth-order valence-electron chi connectivity index (χ4n) is 3.10. The van der Waals surface area contributed by atoms with Crippen LogP contribution in [0.3, 0.4) is 0 Å². The zero-order chi connectivity index (χ0) is 12.5. The van der Waals surface area contributed by atoms with Crippen molar-refractivity contribution in [2.45, 2.75) is 38.0 Å². The number of hydrogen-bond donors (Lipinski definition) is 1. The van der Waals surface area contributed by atoms with E-state index < -0.39 is 0 Å². The first-order valence-electron chi connectivity index (χ1n) is 6.85. The summed E-state index contributed by atoms with van der Waals surface area (Å²) >= 11 is 4.30. The molecule has 1 heterocycles. The minimum atomic E-state index is 0.677. The molecule has 18 heavy (non-hydrogen) atoms. The Morgan fingerprint density at radius 1 is 1.33 bits per heavy atom. The minimum Gasteiger partial charge on any atom is -0.331 e. The van der Waals surface area contributed by atoms with Gasteiger partial charge >= 0.3 is 0 Å². The van der Waals surface area contributed by atoms with Gasteiger partial charge in [0.25, 0.3) is 0 Å². The van der Waals surface area contributed by atoms with Crippen molar-refractivity contribution in [2.24, 2.45) is 7.05 Å². The van der Waals surface area contributed by atoms with Crippen molar-refractivity contribution in [3.63, 3.8) is 0 Å². The summed E-state index contributed by atoms with van der Waals surface area (Å²) in [6, 6.07) is 6.64. The van der Waals surface area contributed by atoms with E-state index in [-0.39, 0.29) is 0 Å². The average Bonchev–Trinajstić information content (AvgIpc) is 2.98. The van der Waals surface area contributed by atoms with E-state index >= 15 is 0 Å². The maximum absolute atomic E-state index is 4.88. The largest absolute Gasteiger partial charge is 0.331 e. The predicted octanol–water partition coefficient (Wildman–Crippen LogP) is 3.70. The number of imidazole rings is 1. The third-order valence-corrected chi connectivity index (χ3v) is 4.32. The van der Waals surface area contributed by atoms with Crippen LogP contribution in [0.5, 0.6) is 0 Å². The molecular formula is C15H20N2S. The molecule has 0 spiro atoms. The first kappa shape index (κ1) is 12.1. The van der Waals surface area contributed by atoms with Gasteiger partial charge in [-0.1, -0.05) is 18.9 Å². The Bertz CT molecular complexity index is 553. The topological polar surface area (TPSA) is 17.8 Å². The van der Waals surface area contributed by atoms with E-state index in [1.807, 2.05) is 0 Å². The lowest BCUT2D eigenvalue weighted by Gasteiger charge is -2.08. The molecule has 96 valence electrons. The second-order valence-corrected chi connectivity index (χ2v) is 5.75. The molecule has 3 heteroatoms. The van der Waals surface area contributed by atoms with Crippen LogP contribution in [0.1, 0.15) is 43.0 Å². The second kappa shape index (κ2) is 4.96. The van der Waals surface area contributed by atoms with Crippen LogP contribution in [-0.2, 0) is 13.5 Å². The third-order valence-electron chi connectivity index (χ3n) is 4.10. The van der Waals surface area contributed by atoms with Gasteiger partial charge in [0.2, 0.25) is 0 Å². The first-order valence-corrected chi connectivity index (χ1v) is 7.49. The SMILES string of the molecule is Cn1c(C2CCCC2)nc2cc(CCS)ccc21. The van der Waals surface area contributed by atoms with Crippen LogP contribution in [0.2, 0.25) is 0 Å². The second-order valence-electron chi connectivity index (χ2n) is 5.31. The Kier molecular flexibility index (Phi) is 3.33. The normalized spacial score (nSPS) is 16.8. The van der Waals surface area contributed by atoms with Gasteiger partial charge in [0.1, 0.15) is 5.82 Å². The van der Waals surface area contributed by atoms with E-state index in [2.05, 4.69) is 42.4 Å². The molecule has 1 saturated carbocycles. The molecular weight excluding hydrogens is 240 g/mol. The van der Waals surface area contributed by atoms with Gasteiger partial charge in [-0.05, 0) is 42.7 Å².